The Labute approximate surface area is 198 Å². The van der Waals surface area contributed by atoms with Gasteiger partial charge in [0.05, 0.1) is 16.7 Å². The quantitative estimate of drug-likeness (QED) is 0.384. The first-order valence-electron chi connectivity index (χ1n) is 12.0. The molecule has 1 saturated heterocycles. The van der Waals surface area contributed by atoms with Crippen molar-refractivity contribution in [2.75, 3.05) is 11.9 Å². The smallest absolute Gasteiger partial charge is 0.143 e. The molecule has 2 aliphatic heterocycles. The van der Waals surface area contributed by atoms with Gasteiger partial charge in [0.15, 0.2) is 0 Å². The summed E-state index contributed by atoms with van der Waals surface area (Å²) in [7, 11) is 0. The number of benzene rings is 3. The van der Waals surface area contributed by atoms with E-state index in [2.05, 4.69) is 60.1 Å². The van der Waals surface area contributed by atoms with Crippen LogP contribution in [0.2, 0.25) is 0 Å². The highest BCUT2D eigenvalue weighted by Crippen LogP contribution is 2.35. The Hall–Kier alpha value is -3.38. The van der Waals surface area contributed by atoms with Crippen molar-refractivity contribution in [3.05, 3.63) is 82.9 Å². The number of nitrogens with one attached hydrogen (secondary N) is 1. The van der Waals surface area contributed by atoms with Crippen LogP contribution in [-0.4, -0.2) is 22.3 Å². The van der Waals surface area contributed by atoms with Crippen LogP contribution in [-0.2, 0) is 17.7 Å². The monoisotopic (exact) mass is 457 g/mol. The third-order valence-corrected chi connectivity index (χ3v) is 6.90. The van der Waals surface area contributed by atoms with Gasteiger partial charge in [-0.05, 0) is 67.6 Å². The Morgan fingerprint density at radius 3 is 2.91 bits per heavy atom. The number of hydrogen-bond acceptors (Lipinski definition) is 4. The van der Waals surface area contributed by atoms with E-state index in [9.17, 15) is 4.39 Å². The van der Waals surface area contributed by atoms with Crippen LogP contribution < -0.4 is 10.1 Å². The van der Waals surface area contributed by atoms with Crippen LogP contribution in [0.3, 0.4) is 0 Å². The molecule has 3 heterocycles. The molecule has 1 unspecified atom stereocenters. The van der Waals surface area contributed by atoms with Crippen LogP contribution in [0.25, 0.3) is 16.7 Å². The Bertz CT molecular complexity index is 1370. The lowest BCUT2D eigenvalue weighted by atomic mass is 10.1. The van der Waals surface area contributed by atoms with Crippen molar-refractivity contribution in [1.82, 2.24) is 9.55 Å². The second-order valence-corrected chi connectivity index (χ2v) is 9.31. The first-order chi connectivity index (χ1) is 16.6. The van der Waals surface area contributed by atoms with Crippen molar-refractivity contribution >= 4 is 16.7 Å². The van der Waals surface area contributed by atoms with Gasteiger partial charge in [0.2, 0.25) is 0 Å². The van der Waals surface area contributed by atoms with E-state index >= 15 is 0 Å². The molecule has 0 spiro atoms. The Balaban J connectivity index is 1.35. The standard InChI is InChI=1S/C28H28FN3O2/c1-17-13-19-8-10-22(15-27(19)34-17)30-16-20-5-3-6-24(18(20)2)32-25-11-9-21(29)14-23(25)31-28(32)26-7-4-12-33-26/h3,5-6,8-11,14-15,17,26,30H,4,7,12-13,16H2,1-2H3/t17-,26?/m1/s1. The van der Waals surface area contributed by atoms with Gasteiger partial charge in [0.25, 0.3) is 0 Å². The van der Waals surface area contributed by atoms with Crippen molar-refractivity contribution in [2.24, 2.45) is 0 Å². The number of nitrogens with zero attached hydrogens (tertiary/aromatic N) is 2. The van der Waals surface area contributed by atoms with E-state index in [4.69, 9.17) is 14.5 Å². The lowest BCUT2D eigenvalue weighted by Crippen LogP contribution is -2.10. The molecule has 174 valence electrons. The van der Waals surface area contributed by atoms with Gasteiger partial charge in [-0.2, -0.15) is 0 Å². The Morgan fingerprint density at radius 2 is 2.06 bits per heavy atom. The molecule has 2 aliphatic rings. The molecule has 3 aromatic carbocycles. The van der Waals surface area contributed by atoms with E-state index in [-0.39, 0.29) is 18.0 Å². The van der Waals surface area contributed by atoms with Gasteiger partial charge in [-0.1, -0.05) is 18.2 Å². The van der Waals surface area contributed by atoms with Crippen molar-refractivity contribution in [3.8, 4) is 11.4 Å². The summed E-state index contributed by atoms with van der Waals surface area (Å²) in [4.78, 5) is 4.80. The minimum atomic E-state index is -0.279. The summed E-state index contributed by atoms with van der Waals surface area (Å²) in [6.07, 6.45) is 3.05. The van der Waals surface area contributed by atoms with Gasteiger partial charge in [-0.3, -0.25) is 4.57 Å². The number of hydrogen-bond donors (Lipinski definition) is 1. The summed E-state index contributed by atoms with van der Waals surface area (Å²) >= 11 is 0. The zero-order chi connectivity index (χ0) is 23.2. The van der Waals surface area contributed by atoms with Crippen LogP contribution >= 0.6 is 0 Å². The first kappa shape index (κ1) is 21.2. The number of ether oxygens (including phenoxy) is 2. The molecule has 0 amide bonds. The average Bonchev–Trinajstić information content (AvgIpc) is 3.55. The second kappa shape index (κ2) is 8.44. The maximum atomic E-state index is 14.0. The summed E-state index contributed by atoms with van der Waals surface area (Å²) in [6, 6.07) is 17.5. The van der Waals surface area contributed by atoms with Crippen molar-refractivity contribution in [3.63, 3.8) is 0 Å². The third-order valence-electron chi connectivity index (χ3n) is 6.90. The lowest BCUT2D eigenvalue weighted by molar-refractivity contribution is 0.104. The first-order valence-corrected chi connectivity index (χ1v) is 12.0. The molecule has 0 aliphatic carbocycles. The summed E-state index contributed by atoms with van der Waals surface area (Å²) in [5.41, 5.74) is 7.25. The Kier molecular flexibility index (Phi) is 5.26. The predicted octanol–water partition coefficient (Wildman–Crippen LogP) is 6.26. The molecule has 34 heavy (non-hydrogen) atoms. The molecular weight excluding hydrogens is 429 g/mol. The van der Waals surface area contributed by atoms with Gasteiger partial charge < -0.3 is 14.8 Å². The highest BCUT2D eigenvalue weighted by Gasteiger charge is 2.26. The molecule has 0 saturated carbocycles. The van der Waals surface area contributed by atoms with Gasteiger partial charge >= 0.3 is 0 Å². The predicted molar refractivity (Wildman–Crippen MR) is 131 cm³/mol. The lowest BCUT2D eigenvalue weighted by Gasteiger charge is -2.18. The summed E-state index contributed by atoms with van der Waals surface area (Å²) < 4.78 is 28.0. The number of aromatic nitrogens is 2. The zero-order valence-corrected chi connectivity index (χ0v) is 19.5. The molecule has 5 nitrogen and oxygen atoms in total. The van der Waals surface area contributed by atoms with Crippen LogP contribution in [0.5, 0.6) is 5.75 Å². The highest BCUT2D eigenvalue weighted by atomic mass is 19.1. The molecule has 6 heteroatoms. The maximum Gasteiger partial charge on any atom is 0.143 e. The van der Waals surface area contributed by atoms with E-state index in [1.165, 1.54) is 23.3 Å². The van der Waals surface area contributed by atoms with Crippen LogP contribution in [0.15, 0.2) is 54.6 Å². The van der Waals surface area contributed by atoms with Gasteiger partial charge in [-0.25, -0.2) is 9.37 Å². The molecule has 6 rings (SSSR count). The minimum absolute atomic E-state index is 0.0783. The molecule has 0 radical (unpaired) electrons. The highest BCUT2D eigenvalue weighted by molar-refractivity contribution is 5.79. The fraction of sp³-hybridized carbons (Fsp3) is 0.321. The van der Waals surface area contributed by atoms with E-state index in [0.717, 1.165) is 59.9 Å². The van der Waals surface area contributed by atoms with Crippen LogP contribution in [0.1, 0.15) is 48.4 Å². The number of halogens is 1. The fourth-order valence-corrected chi connectivity index (χ4v) is 5.13. The van der Waals surface area contributed by atoms with Gasteiger partial charge in [0, 0.05) is 37.4 Å². The average molecular weight is 458 g/mol. The van der Waals surface area contributed by atoms with Gasteiger partial charge in [-0.15, -0.1) is 0 Å². The Morgan fingerprint density at radius 1 is 1.15 bits per heavy atom. The van der Waals surface area contributed by atoms with Crippen LogP contribution in [0, 0.1) is 12.7 Å². The van der Waals surface area contributed by atoms with E-state index < -0.39 is 0 Å². The minimum Gasteiger partial charge on any atom is -0.490 e. The summed E-state index contributed by atoms with van der Waals surface area (Å²) in [5, 5.41) is 3.55. The third kappa shape index (κ3) is 3.72. The zero-order valence-electron chi connectivity index (χ0n) is 19.5. The molecule has 0 bridgehead atoms. The van der Waals surface area contributed by atoms with E-state index in [1.54, 1.807) is 0 Å². The molecule has 2 atom stereocenters. The second-order valence-electron chi connectivity index (χ2n) is 9.31. The number of fused-ring (bicyclic) bond motifs is 2. The fourth-order valence-electron chi connectivity index (χ4n) is 5.13. The topological polar surface area (TPSA) is 48.3 Å². The van der Waals surface area contributed by atoms with Gasteiger partial charge in [0.1, 0.15) is 29.6 Å². The molecule has 1 N–H and O–H groups in total. The number of anilines is 1. The summed E-state index contributed by atoms with van der Waals surface area (Å²) in [6.45, 7) is 5.65. The van der Waals surface area contributed by atoms with Crippen molar-refractivity contribution in [2.45, 2.75) is 51.9 Å². The van der Waals surface area contributed by atoms with Crippen molar-refractivity contribution in [1.29, 1.82) is 0 Å². The summed E-state index contributed by atoms with van der Waals surface area (Å²) in [5.74, 6) is 1.54. The van der Waals surface area contributed by atoms with E-state index in [0.29, 0.717) is 12.1 Å². The normalized spacial score (nSPS) is 19.4. The molecule has 1 aromatic heterocycles. The number of rotatable bonds is 5. The number of imidazole rings is 1. The molecule has 1 fully saturated rings. The maximum absolute atomic E-state index is 14.0. The van der Waals surface area contributed by atoms with Crippen molar-refractivity contribution < 1.29 is 13.9 Å². The SMILES string of the molecule is Cc1c(CNc2ccc3c(c2)O[C@H](C)C3)cccc1-n1c(C2CCCO2)nc2cc(F)ccc21. The van der Waals surface area contributed by atoms with Crippen LogP contribution in [0.4, 0.5) is 10.1 Å². The molecule has 4 aromatic rings. The van der Waals surface area contributed by atoms with E-state index in [1.807, 2.05) is 6.07 Å². The molecular formula is C28H28FN3O2. The largest absolute Gasteiger partial charge is 0.490 e.